The zero-order chi connectivity index (χ0) is 13.1. The van der Waals surface area contributed by atoms with Crippen molar-refractivity contribution in [3.8, 4) is 0 Å². The summed E-state index contributed by atoms with van der Waals surface area (Å²) in [7, 11) is -1.34. The van der Waals surface area contributed by atoms with Gasteiger partial charge in [0.2, 0.25) is 0 Å². The van der Waals surface area contributed by atoms with Gasteiger partial charge >= 0.3 is 13.2 Å². The first-order chi connectivity index (χ1) is 8.11. The highest BCUT2D eigenvalue weighted by Crippen LogP contribution is 1.82. The minimum absolute atomic E-state index is 0.389. The minimum atomic E-state index is -1.34. The van der Waals surface area contributed by atoms with Gasteiger partial charge in [0.1, 0.15) is 0 Å². The molecular formula is C11H16BNO4. The second kappa shape index (κ2) is 9.44. The van der Waals surface area contributed by atoms with Crippen LogP contribution in [0.5, 0.6) is 0 Å². The lowest BCUT2D eigenvalue weighted by atomic mass is 9.81. The van der Waals surface area contributed by atoms with Crippen molar-refractivity contribution in [1.82, 2.24) is 5.32 Å². The van der Waals surface area contributed by atoms with E-state index in [4.69, 9.17) is 10.0 Å². The van der Waals surface area contributed by atoms with Crippen LogP contribution in [0.3, 0.4) is 0 Å². The first-order valence-electron chi connectivity index (χ1n) is 5.07. The predicted octanol–water partition coefficient (Wildman–Crippen LogP) is 0.242. The van der Waals surface area contributed by atoms with Gasteiger partial charge in [-0.2, -0.15) is 0 Å². The molecule has 1 rings (SSSR count). The monoisotopic (exact) mass is 237 g/mol. The van der Waals surface area contributed by atoms with Crippen LogP contribution < -0.4 is 10.8 Å². The van der Waals surface area contributed by atoms with Crippen LogP contribution in [0.25, 0.3) is 0 Å². The largest absolute Gasteiger partial charge is 0.488 e. The molecule has 0 saturated carbocycles. The van der Waals surface area contributed by atoms with Crippen molar-refractivity contribution < 1.29 is 19.6 Å². The van der Waals surface area contributed by atoms with Crippen molar-refractivity contribution in [2.45, 2.75) is 6.92 Å². The highest BCUT2D eigenvalue weighted by Gasteiger charge is 2.07. The van der Waals surface area contributed by atoms with Gasteiger partial charge < -0.3 is 14.8 Å². The summed E-state index contributed by atoms with van der Waals surface area (Å²) in [5, 5.41) is 19.4. The highest BCUT2D eigenvalue weighted by atomic mass is 16.5. The number of amides is 1. The van der Waals surface area contributed by atoms with E-state index in [9.17, 15) is 4.79 Å². The van der Waals surface area contributed by atoms with E-state index in [2.05, 4.69) is 16.6 Å². The van der Waals surface area contributed by atoms with Gasteiger partial charge in [-0.1, -0.05) is 36.9 Å². The Balaban J connectivity index is 0.000000304. The zero-order valence-electron chi connectivity index (χ0n) is 9.67. The lowest BCUT2D eigenvalue weighted by Crippen LogP contribution is -2.29. The second-order valence-electron chi connectivity index (χ2n) is 2.85. The third-order valence-corrected chi connectivity index (χ3v) is 1.59. The SMILES string of the molecule is C=CNC(=O)OCC.OB(O)c1ccccc1. The van der Waals surface area contributed by atoms with E-state index in [0.717, 1.165) is 0 Å². The Kier molecular flexibility index (Phi) is 8.45. The lowest BCUT2D eigenvalue weighted by Gasteiger charge is -1.96. The quantitative estimate of drug-likeness (QED) is 0.658. The second-order valence-corrected chi connectivity index (χ2v) is 2.85. The number of rotatable bonds is 3. The van der Waals surface area contributed by atoms with Gasteiger partial charge in [-0.15, -0.1) is 0 Å². The molecule has 92 valence electrons. The number of ether oxygens (including phenoxy) is 1. The molecule has 0 heterocycles. The topological polar surface area (TPSA) is 78.8 Å². The Bertz CT molecular complexity index is 330. The summed E-state index contributed by atoms with van der Waals surface area (Å²) in [4.78, 5) is 10.2. The van der Waals surface area contributed by atoms with Gasteiger partial charge in [0.05, 0.1) is 6.61 Å². The zero-order valence-corrected chi connectivity index (χ0v) is 9.67. The molecule has 3 N–H and O–H groups in total. The summed E-state index contributed by atoms with van der Waals surface area (Å²) < 4.78 is 4.46. The smallest absolute Gasteiger partial charge is 0.450 e. The average Bonchev–Trinajstić information content (AvgIpc) is 2.32. The normalized spacial score (nSPS) is 8.41. The molecule has 1 amide bonds. The van der Waals surface area contributed by atoms with Crippen LogP contribution in [0.2, 0.25) is 0 Å². The number of hydrogen-bond donors (Lipinski definition) is 3. The molecule has 6 heteroatoms. The molecule has 0 saturated heterocycles. The third-order valence-electron chi connectivity index (χ3n) is 1.59. The molecule has 0 fully saturated rings. The first-order valence-corrected chi connectivity index (χ1v) is 5.07. The number of alkyl carbamates (subject to hydrolysis) is 1. The maximum atomic E-state index is 10.2. The molecule has 17 heavy (non-hydrogen) atoms. The molecule has 1 aromatic rings. The van der Waals surface area contributed by atoms with Gasteiger partial charge in [0.25, 0.3) is 0 Å². The fourth-order valence-electron chi connectivity index (χ4n) is 0.881. The van der Waals surface area contributed by atoms with Crippen LogP contribution >= 0.6 is 0 Å². The number of benzene rings is 1. The Labute approximate surface area is 101 Å². The molecule has 0 unspecified atom stereocenters. The standard InChI is InChI=1S/C6H7BO2.C5H9NO2/c8-7(9)6-4-2-1-3-5-6;1-3-6-5(7)8-4-2/h1-5,8-9H;3H,1,4H2,2H3,(H,6,7). The molecule has 0 aliphatic carbocycles. The molecule has 0 radical (unpaired) electrons. The number of carbonyl (C=O) groups excluding carboxylic acids is 1. The van der Waals surface area contributed by atoms with Crippen LogP contribution in [-0.2, 0) is 4.74 Å². The summed E-state index contributed by atoms with van der Waals surface area (Å²) in [6, 6.07) is 8.66. The molecule has 1 aromatic carbocycles. The Morgan fingerprint density at radius 2 is 2.06 bits per heavy atom. The highest BCUT2D eigenvalue weighted by molar-refractivity contribution is 6.58. The molecule has 0 spiro atoms. The van der Waals surface area contributed by atoms with Crippen LogP contribution in [0.4, 0.5) is 4.79 Å². The predicted molar refractivity (Wildman–Crippen MR) is 66.6 cm³/mol. The Morgan fingerprint density at radius 1 is 1.47 bits per heavy atom. The lowest BCUT2D eigenvalue weighted by molar-refractivity contribution is 0.156. The van der Waals surface area contributed by atoms with Gasteiger partial charge in [0, 0.05) is 0 Å². The number of hydrogen-bond acceptors (Lipinski definition) is 4. The van der Waals surface area contributed by atoms with Crippen LogP contribution in [-0.4, -0.2) is 29.9 Å². The fourth-order valence-corrected chi connectivity index (χ4v) is 0.881. The molecular weight excluding hydrogens is 221 g/mol. The van der Waals surface area contributed by atoms with Crippen molar-refractivity contribution >= 4 is 18.7 Å². The summed E-state index contributed by atoms with van der Waals surface area (Å²) in [5.74, 6) is 0. The van der Waals surface area contributed by atoms with Crippen LogP contribution in [0.15, 0.2) is 43.1 Å². The van der Waals surface area contributed by atoms with E-state index < -0.39 is 13.2 Å². The van der Waals surface area contributed by atoms with Crippen molar-refractivity contribution in [1.29, 1.82) is 0 Å². The van der Waals surface area contributed by atoms with E-state index in [1.54, 1.807) is 31.2 Å². The van der Waals surface area contributed by atoms with Crippen molar-refractivity contribution in [2.24, 2.45) is 0 Å². The van der Waals surface area contributed by atoms with E-state index in [1.807, 2.05) is 6.07 Å². The van der Waals surface area contributed by atoms with Crippen LogP contribution in [0.1, 0.15) is 6.92 Å². The summed E-state index contributed by atoms with van der Waals surface area (Å²) >= 11 is 0. The number of carbonyl (C=O) groups is 1. The van der Waals surface area contributed by atoms with Crippen LogP contribution in [0, 0.1) is 0 Å². The van der Waals surface area contributed by atoms with E-state index in [1.165, 1.54) is 6.20 Å². The van der Waals surface area contributed by atoms with Crippen molar-refractivity contribution in [2.75, 3.05) is 6.61 Å². The molecule has 5 nitrogen and oxygen atoms in total. The summed E-state index contributed by atoms with van der Waals surface area (Å²) in [6.45, 7) is 5.40. The average molecular weight is 237 g/mol. The Hall–Kier alpha value is -1.79. The molecule has 0 bridgehead atoms. The molecule has 0 aliphatic rings. The van der Waals surface area contributed by atoms with Crippen molar-refractivity contribution in [3.05, 3.63) is 43.1 Å². The van der Waals surface area contributed by atoms with Gasteiger partial charge in [0.15, 0.2) is 0 Å². The number of nitrogens with one attached hydrogen (secondary N) is 1. The maximum Gasteiger partial charge on any atom is 0.488 e. The summed E-state index contributed by atoms with van der Waals surface area (Å²) in [6.07, 6.45) is 0.820. The van der Waals surface area contributed by atoms with E-state index in [0.29, 0.717) is 12.1 Å². The van der Waals surface area contributed by atoms with Gasteiger partial charge in [-0.25, -0.2) is 4.79 Å². The Morgan fingerprint density at radius 3 is 2.41 bits per heavy atom. The first kappa shape index (κ1) is 15.2. The summed E-state index contributed by atoms with van der Waals surface area (Å²) in [5.41, 5.74) is 0.525. The minimum Gasteiger partial charge on any atom is -0.450 e. The maximum absolute atomic E-state index is 10.2. The van der Waals surface area contributed by atoms with Gasteiger partial charge in [-0.05, 0) is 18.6 Å². The third kappa shape index (κ3) is 8.07. The van der Waals surface area contributed by atoms with Crippen molar-refractivity contribution in [3.63, 3.8) is 0 Å². The van der Waals surface area contributed by atoms with Gasteiger partial charge in [-0.3, -0.25) is 5.32 Å². The fraction of sp³-hybridized carbons (Fsp3) is 0.182. The van der Waals surface area contributed by atoms with E-state index in [-0.39, 0.29) is 0 Å². The van der Waals surface area contributed by atoms with E-state index >= 15 is 0 Å². The molecule has 0 aromatic heterocycles. The molecule has 0 atom stereocenters. The molecule has 0 aliphatic heterocycles.